The molecule has 0 spiro atoms. The number of benzene rings is 1. The summed E-state index contributed by atoms with van der Waals surface area (Å²) in [5.74, 6) is 5.48. The molecule has 1 N–H and O–H groups in total. The van der Waals surface area contributed by atoms with Crippen LogP contribution in [0.15, 0.2) is 29.2 Å². The van der Waals surface area contributed by atoms with E-state index in [0.717, 1.165) is 5.56 Å². The lowest BCUT2D eigenvalue weighted by atomic mass is 10.2. The van der Waals surface area contributed by atoms with Gasteiger partial charge in [-0.2, -0.15) is 5.26 Å². The van der Waals surface area contributed by atoms with Gasteiger partial charge in [0, 0.05) is 13.0 Å². The van der Waals surface area contributed by atoms with Gasteiger partial charge < -0.3 is 0 Å². The molecular weight excluding hydrogens is 248 g/mol. The molecule has 1 rings (SSSR count). The van der Waals surface area contributed by atoms with Crippen molar-refractivity contribution in [2.24, 2.45) is 0 Å². The number of rotatable bonds is 5. The Morgan fingerprint density at radius 3 is 2.50 bits per heavy atom. The molecule has 0 aliphatic carbocycles. The minimum Gasteiger partial charge on any atom is -0.210 e. The lowest BCUT2D eigenvalue weighted by Crippen LogP contribution is -2.24. The second kappa shape index (κ2) is 6.80. The fraction of sp³-hybridized carbons (Fsp3) is 0.308. The van der Waals surface area contributed by atoms with Gasteiger partial charge >= 0.3 is 0 Å². The zero-order valence-corrected chi connectivity index (χ0v) is 10.9. The summed E-state index contributed by atoms with van der Waals surface area (Å²) in [6, 6.07) is 8.30. The molecule has 0 heterocycles. The molecule has 1 aromatic rings. The molecule has 0 aliphatic rings. The second-order valence-corrected chi connectivity index (χ2v) is 5.32. The first-order chi connectivity index (χ1) is 8.60. The number of sulfonamides is 1. The molecule has 0 saturated carbocycles. The Morgan fingerprint density at radius 1 is 1.28 bits per heavy atom. The van der Waals surface area contributed by atoms with Crippen molar-refractivity contribution >= 4 is 10.0 Å². The first-order valence-corrected chi connectivity index (χ1v) is 6.93. The predicted molar refractivity (Wildman–Crippen MR) is 69.0 cm³/mol. The van der Waals surface area contributed by atoms with Crippen molar-refractivity contribution in [3.63, 3.8) is 0 Å². The molecule has 5 heteroatoms. The number of nitrogens with zero attached hydrogens (tertiary/aromatic N) is 1. The first-order valence-electron chi connectivity index (χ1n) is 5.45. The van der Waals surface area contributed by atoms with Crippen LogP contribution in [0.25, 0.3) is 0 Å². The minimum absolute atomic E-state index is 0.202. The van der Waals surface area contributed by atoms with Gasteiger partial charge in [-0.05, 0) is 24.6 Å². The normalized spacial score (nSPS) is 10.2. The van der Waals surface area contributed by atoms with E-state index in [9.17, 15) is 8.42 Å². The number of nitrogens with one attached hydrogen (secondary N) is 1. The highest BCUT2D eigenvalue weighted by Gasteiger charge is 2.12. The molecule has 0 aliphatic heterocycles. The molecule has 0 aromatic heterocycles. The monoisotopic (exact) mass is 262 g/mol. The SMILES string of the molecule is CC#CCCNS(=O)(=O)c1ccc(CC#N)cc1. The van der Waals surface area contributed by atoms with Crippen LogP contribution in [-0.4, -0.2) is 15.0 Å². The van der Waals surface area contributed by atoms with Crippen LogP contribution in [0.1, 0.15) is 18.9 Å². The van der Waals surface area contributed by atoms with E-state index >= 15 is 0 Å². The van der Waals surface area contributed by atoms with Crippen molar-refractivity contribution in [1.82, 2.24) is 4.72 Å². The Bertz CT molecular complexity index is 587. The van der Waals surface area contributed by atoms with Gasteiger partial charge in [0.1, 0.15) is 0 Å². The summed E-state index contributed by atoms with van der Waals surface area (Å²) in [4.78, 5) is 0.202. The van der Waals surface area contributed by atoms with Gasteiger partial charge in [-0.15, -0.1) is 11.8 Å². The molecule has 18 heavy (non-hydrogen) atoms. The highest BCUT2D eigenvalue weighted by Crippen LogP contribution is 2.10. The van der Waals surface area contributed by atoms with Crippen LogP contribution in [0.2, 0.25) is 0 Å². The third kappa shape index (κ3) is 4.21. The molecule has 4 nitrogen and oxygen atoms in total. The predicted octanol–water partition coefficient (Wildman–Crippen LogP) is 1.44. The van der Waals surface area contributed by atoms with Crippen molar-refractivity contribution < 1.29 is 8.42 Å². The summed E-state index contributed by atoms with van der Waals surface area (Å²) in [7, 11) is -3.47. The number of hydrogen-bond donors (Lipinski definition) is 1. The first kappa shape index (κ1) is 14.2. The third-order valence-corrected chi connectivity index (χ3v) is 3.71. The molecule has 0 fully saturated rings. The Labute approximate surface area is 108 Å². The molecule has 94 valence electrons. The fourth-order valence-corrected chi connectivity index (χ4v) is 2.37. The zero-order valence-electron chi connectivity index (χ0n) is 10.1. The van der Waals surface area contributed by atoms with E-state index in [1.807, 2.05) is 6.07 Å². The van der Waals surface area contributed by atoms with Gasteiger partial charge in [0.25, 0.3) is 0 Å². The van der Waals surface area contributed by atoms with Gasteiger partial charge in [-0.1, -0.05) is 12.1 Å². The van der Waals surface area contributed by atoms with Crippen LogP contribution in [0.3, 0.4) is 0 Å². The maximum Gasteiger partial charge on any atom is 0.240 e. The lowest BCUT2D eigenvalue weighted by Gasteiger charge is -2.05. The maximum absolute atomic E-state index is 11.8. The molecule has 0 bridgehead atoms. The van der Waals surface area contributed by atoms with Crippen molar-refractivity contribution in [3.05, 3.63) is 29.8 Å². The highest BCUT2D eigenvalue weighted by atomic mass is 32.2. The maximum atomic E-state index is 11.8. The topological polar surface area (TPSA) is 70.0 Å². The summed E-state index contributed by atoms with van der Waals surface area (Å²) in [5, 5.41) is 8.52. The van der Waals surface area contributed by atoms with Crippen molar-refractivity contribution in [2.45, 2.75) is 24.7 Å². The van der Waals surface area contributed by atoms with E-state index in [1.165, 1.54) is 12.1 Å². The van der Waals surface area contributed by atoms with Gasteiger partial charge in [-0.25, -0.2) is 13.1 Å². The Morgan fingerprint density at radius 2 is 1.94 bits per heavy atom. The van der Waals surface area contributed by atoms with Crippen LogP contribution >= 0.6 is 0 Å². The molecule has 0 amide bonds. The Hall–Kier alpha value is -1.82. The smallest absolute Gasteiger partial charge is 0.210 e. The van der Waals surface area contributed by atoms with E-state index in [1.54, 1.807) is 19.1 Å². The Balaban J connectivity index is 2.72. The highest BCUT2D eigenvalue weighted by molar-refractivity contribution is 7.89. The van der Waals surface area contributed by atoms with Crippen molar-refractivity contribution in [2.75, 3.05) is 6.54 Å². The van der Waals surface area contributed by atoms with E-state index in [-0.39, 0.29) is 11.3 Å². The Kier molecular flexibility index (Phi) is 5.38. The van der Waals surface area contributed by atoms with Crippen LogP contribution in [-0.2, 0) is 16.4 Å². The van der Waals surface area contributed by atoms with Gasteiger partial charge in [-0.3, -0.25) is 0 Å². The summed E-state index contributed by atoms with van der Waals surface area (Å²) in [6.07, 6.45) is 0.766. The molecule has 0 unspecified atom stereocenters. The number of nitriles is 1. The molecule has 0 saturated heterocycles. The van der Waals surface area contributed by atoms with E-state index < -0.39 is 10.0 Å². The van der Waals surface area contributed by atoms with Gasteiger partial charge in [0.05, 0.1) is 17.4 Å². The molecule has 1 aromatic carbocycles. The van der Waals surface area contributed by atoms with Crippen LogP contribution in [0.5, 0.6) is 0 Å². The quantitative estimate of drug-likeness (QED) is 0.645. The third-order valence-electron chi connectivity index (χ3n) is 2.24. The average molecular weight is 262 g/mol. The zero-order chi connectivity index (χ0) is 13.4. The summed E-state index contributed by atoms with van der Waals surface area (Å²) in [6.45, 7) is 2.01. The standard InChI is InChI=1S/C13H14N2O2S/c1-2-3-4-11-15-18(16,17)13-7-5-12(6-8-13)9-10-14/h5-8,15H,4,9,11H2,1H3. The van der Waals surface area contributed by atoms with Crippen LogP contribution in [0, 0.1) is 23.2 Å². The summed E-state index contributed by atoms with van der Waals surface area (Å²) >= 11 is 0. The van der Waals surface area contributed by atoms with Crippen LogP contribution < -0.4 is 4.72 Å². The number of hydrogen-bond acceptors (Lipinski definition) is 3. The van der Waals surface area contributed by atoms with Crippen molar-refractivity contribution in [3.8, 4) is 17.9 Å². The summed E-state index contributed by atoms with van der Waals surface area (Å²) in [5.41, 5.74) is 0.799. The van der Waals surface area contributed by atoms with E-state index in [4.69, 9.17) is 5.26 Å². The molecular formula is C13H14N2O2S. The van der Waals surface area contributed by atoms with Gasteiger partial charge in [0.15, 0.2) is 0 Å². The summed E-state index contributed by atoms with van der Waals surface area (Å²) < 4.78 is 26.1. The van der Waals surface area contributed by atoms with Crippen LogP contribution in [0.4, 0.5) is 0 Å². The lowest BCUT2D eigenvalue weighted by molar-refractivity contribution is 0.582. The largest absolute Gasteiger partial charge is 0.240 e. The minimum atomic E-state index is -3.47. The molecule has 0 radical (unpaired) electrons. The van der Waals surface area contributed by atoms with E-state index in [2.05, 4.69) is 16.6 Å². The van der Waals surface area contributed by atoms with E-state index in [0.29, 0.717) is 13.0 Å². The second-order valence-electron chi connectivity index (χ2n) is 3.55. The average Bonchev–Trinajstić information content (AvgIpc) is 2.36. The fourth-order valence-electron chi connectivity index (χ4n) is 1.33. The van der Waals surface area contributed by atoms with Crippen molar-refractivity contribution in [1.29, 1.82) is 5.26 Å². The molecule has 0 atom stereocenters. The van der Waals surface area contributed by atoms with Gasteiger partial charge in [0.2, 0.25) is 10.0 Å².